The Kier molecular flexibility index (Phi) is 7.34. The van der Waals surface area contributed by atoms with Gasteiger partial charge in [0.15, 0.2) is 9.84 Å². The van der Waals surface area contributed by atoms with Gasteiger partial charge in [-0.05, 0) is 48.7 Å². The van der Waals surface area contributed by atoms with Crippen molar-refractivity contribution in [2.75, 3.05) is 25.2 Å². The minimum atomic E-state index is -3.05. The number of halogens is 1. The quantitative estimate of drug-likeness (QED) is 0.636. The van der Waals surface area contributed by atoms with Crippen molar-refractivity contribution in [1.82, 2.24) is 10.2 Å². The fourth-order valence-corrected chi connectivity index (χ4v) is 7.38. The summed E-state index contributed by atoms with van der Waals surface area (Å²) in [4.78, 5) is 16.4. The minimum Gasteiger partial charge on any atom is -0.497 e. The van der Waals surface area contributed by atoms with E-state index in [-0.39, 0.29) is 34.7 Å². The number of thioether (sulfide) groups is 1. The molecule has 172 valence electrons. The van der Waals surface area contributed by atoms with Crippen LogP contribution in [0.3, 0.4) is 0 Å². The van der Waals surface area contributed by atoms with Gasteiger partial charge in [-0.25, -0.2) is 8.42 Å². The molecule has 0 bridgehead atoms. The summed E-state index contributed by atoms with van der Waals surface area (Å²) in [6.45, 7) is 1.31. The van der Waals surface area contributed by atoms with Crippen molar-refractivity contribution < 1.29 is 17.9 Å². The lowest BCUT2D eigenvalue weighted by atomic mass is 10.1. The molecular weight excluding hydrogens is 468 g/mol. The summed E-state index contributed by atoms with van der Waals surface area (Å²) < 4.78 is 28.8. The first kappa shape index (κ1) is 23.4. The van der Waals surface area contributed by atoms with Gasteiger partial charge in [0.1, 0.15) is 5.75 Å². The summed E-state index contributed by atoms with van der Waals surface area (Å²) >= 11 is 8.13. The van der Waals surface area contributed by atoms with E-state index in [0.717, 1.165) is 22.8 Å². The van der Waals surface area contributed by atoms with Gasteiger partial charge in [0.25, 0.3) is 0 Å². The largest absolute Gasteiger partial charge is 0.497 e. The number of carbonyl (C=O) groups is 1. The van der Waals surface area contributed by atoms with Crippen LogP contribution in [-0.2, 0) is 21.2 Å². The monoisotopic (exact) mass is 494 g/mol. The van der Waals surface area contributed by atoms with Crippen molar-refractivity contribution in [3.8, 4) is 5.75 Å². The van der Waals surface area contributed by atoms with Crippen LogP contribution in [0.15, 0.2) is 53.4 Å². The van der Waals surface area contributed by atoms with Gasteiger partial charge in [0, 0.05) is 34.3 Å². The molecule has 2 aliphatic rings. The normalized spacial score (nSPS) is 25.0. The maximum atomic E-state index is 13.2. The Morgan fingerprint density at radius 1 is 1.22 bits per heavy atom. The molecule has 1 N–H and O–H groups in total. The predicted molar refractivity (Wildman–Crippen MR) is 128 cm³/mol. The molecule has 0 spiro atoms. The molecule has 32 heavy (non-hydrogen) atoms. The number of methoxy groups -OCH3 is 1. The summed E-state index contributed by atoms with van der Waals surface area (Å²) in [5.74, 6) is 0.879. The SMILES string of the molecule is COc1ccc(S[C@@H]2C[C@@H](C(=O)N[C@@H]3CCS(=O)(=O)C3)N(Cc3ccccc3Cl)C2)cc1. The second-order valence-electron chi connectivity index (χ2n) is 8.30. The molecular formula is C23H27ClN2O4S2. The van der Waals surface area contributed by atoms with Gasteiger partial charge in [-0.3, -0.25) is 9.69 Å². The van der Waals surface area contributed by atoms with Gasteiger partial charge < -0.3 is 10.1 Å². The van der Waals surface area contributed by atoms with Crippen molar-refractivity contribution >= 4 is 39.1 Å². The van der Waals surface area contributed by atoms with E-state index < -0.39 is 9.84 Å². The lowest BCUT2D eigenvalue weighted by Gasteiger charge is -2.25. The Labute approximate surface area is 198 Å². The predicted octanol–water partition coefficient (Wildman–Crippen LogP) is 3.39. The molecule has 2 aromatic carbocycles. The number of ether oxygens (including phenoxy) is 1. The van der Waals surface area contributed by atoms with Gasteiger partial charge in [0.05, 0.1) is 24.7 Å². The summed E-state index contributed by atoms with van der Waals surface area (Å²) in [5.41, 5.74) is 0.977. The fraction of sp³-hybridized carbons (Fsp3) is 0.435. The lowest BCUT2D eigenvalue weighted by Crippen LogP contribution is -2.47. The average molecular weight is 495 g/mol. The van der Waals surface area contributed by atoms with E-state index in [4.69, 9.17) is 16.3 Å². The second kappa shape index (κ2) is 10.0. The maximum absolute atomic E-state index is 13.2. The molecule has 3 atom stereocenters. The molecule has 0 aliphatic carbocycles. The van der Waals surface area contributed by atoms with Crippen molar-refractivity contribution in [3.05, 3.63) is 59.1 Å². The third-order valence-corrected chi connectivity index (χ3v) is 9.30. The molecule has 1 amide bonds. The zero-order valence-electron chi connectivity index (χ0n) is 17.9. The number of hydrogen-bond donors (Lipinski definition) is 1. The minimum absolute atomic E-state index is 0.0278. The zero-order chi connectivity index (χ0) is 22.7. The van der Waals surface area contributed by atoms with Crippen LogP contribution in [0.25, 0.3) is 0 Å². The molecule has 9 heteroatoms. The molecule has 0 aromatic heterocycles. The van der Waals surface area contributed by atoms with E-state index in [1.807, 2.05) is 48.5 Å². The lowest BCUT2D eigenvalue weighted by molar-refractivity contribution is -0.126. The number of nitrogens with one attached hydrogen (secondary N) is 1. The standard InChI is InChI=1S/C23H27ClN2O4S2/c1-30-18-6-8-19(9-7-18)31-20-12-22(23(27)25-17-10-11-32(28,29)15-17)26(14-20)13-16-4-2-3-5-21(16)24/h2-9,17,20,22H,10-15H2,1H3,(H,25,27)/t17-,20-,22+/m1/s1. The molecule has 0 radical (unpaired) electrons. The number of hydrogen-bond acceptors (Lipinski definition) is 6. The van der Waals surface area contributed by atoms with Crippen molar-refractivity contribution in [2.24, 2.45) is 0 Å². The number of amides is 1. The van der Waals surface area contributed by atoms with Crippen LogP contribution in [0.1, 0.15) is 18.4 Å². The van der Waals surface area contributed by atoms with E-state index in [0.29, 0.717) is 24.4 Å². The van der Waals surface area contributed by atoms with Crippen molar-refractivity contribution in [1.29, 1.82) is 0 Å². The molecule has 2 heterocycles. The number of nitrogens with zero attached hydrogens (tertiary/aromatic N) is 1. The van der Waals surface area contributed by atoms with Crippen molar-refractivity contribution in [2.45, 2.75) is 41.6 Å². The first-order valence-corrected chi connectivity index (χ1v) is 13.7. The summed E-state index contributed by atoms with van der Waals surface area (Å²) in [6.07, 6.45) is 1.17. The van der Waals surface area contributed by atoms with Gasteiger partial charge in [-0.2, -0.15) is 0 Å². The highest BCUT2D eigenvalue weighted by Crippen LogP contribution is 2.35. The van der Waals surface area contributed by atoms with Crippen LogP contribution >= 0.6 is 23.4 Å². The first-order valence-electron chi connectivity index (χ1n) is 10.6. The molecule has 4 rings (SSSR count). The van der Waals surface area contributed by atoms with Crippen LogP contribution in [0.5, 0.6) is 5.75 Å². The van der Waals surface area contributed by atoms with E-state index in [1.54, 1.807) is 18.9 Å². The number of carbonyl (C=O) groups excluding carboxylic acids is 1. The smallest absolute Gasteiger partial charge is 0.237 e. The van der Waals surface area contributed by atoms with Gasteiger partial charge in [-0.1, -0.05) is 29.8 Å². The highest BCUT2D eigenvalue weighted by molar-refractivity contribution is 8.00. The Bertz CT molecular complexity index is 1060. The Hall–Kier alpha value is -1.74. The molecule has 0 saturated carbocycles. The Balaban J connectivity index is 1.47. The van der Waals surface area contributed by atoms with Crippen molar-refractivity contribution in [3.63, 3.8) is 0 Å². The summed E-state index contributed by atoms with van der Waals surface area (Å²) in [6, 6.07) is 15.0. The van der Waals surface area contributed by atoms with Gasteiger partial charge in [0.2, 0.25) is 5.91 Å². The Morgan fingerprint density at radius 2 is 1.97 bits per heavy atom. The molecule has 2 fully saturated rings. The highest BCUT2D eigenvalue weighted by Gasteiger charge is 2.39. The van der Waals surface area contributed by atoms with E-state index >= 15 is 0 Å². The molecule has 6 nitrogen and oxygen atoms in total. The molecule has 2 saturated heterocycles. The van der Waals surface area contributed by atoms with Crippen LogP contribution in [0.4, 0.5) is 0 Å². The number of sulfone groups is 1. The highest BCUT2D eigenvalue weighted by atomic mass is 35.5. The third kappa shape index (κ3) is 5.78. The van der Waals surface area contributed by atoms with Crippen LogP contribution < -0.4 is 10.1 Å². The van der Waals surface area contributed by atoms with Crippen LogP contribution in [0, 0.1) is 0 Å². The summed E-state index contributed by atoms with van der Waals surface area (Å²) in [5, 5.41) is 3.90. The second-order valence-corrected chi connectivity index (χ2v) is 12.3. The van der Waals surface area contributed by atoms with E-state index in [9.17, 15) is 13.2 Å². The Morgan fingerprint density at radius 3 is 2.62 bits per heavy atom. The third-order valence-electron chi connectivity index (χ3n) is 5.94. The topological polar surface area (TPSA) is 75.7 Å². The van der Waals surface area contributed by atoms with Gasteiger partial charge >= 0.3 is 0 Å². The molecule has 0 unspecified atom stereocenters. The number of rotatable bonds is 7. The fourth-order valence-electron chi connectivity index (χ4n) is 4.29. The zero-order valence-corrected chi connectivity index (χ0v) is 20.3. The van der Waals surface area contributed by atoms with E-state index in [1.165, 1.54) is 0 Å². The van der Waals surface area contributed by atoms with Crippen LogP contribution in [-0.4, -0.2) is 61.7 Å². The number of benzene rings is 2. The molecule has 2 aromatic rings. The molecule has 2 aliphatic heterocycles. The maximum Gasteiger partial charge on any atom is 0.237 e. The summed E-state index contributed by atoms with van der Waals surface area (Å²) in [7, 11) is -1.41. The number of likely N-dealkylation sites (tertiary alicyclic amines) is 1. The first-order chi connectivity index (χ1) is 15.3. The average Bonchev–Trinajstić information content (AvgIpc) is 3.32. The van der Waals surface area contributed by atoms with Gasteiger partial charge in [-0.15, -0.1) is 11.8 Å². The van der Waals surface area contributed by atoms with E-state index in [2.05, 4.69) is 10.2 Å². The van der Waals surface area contributed by atoms with Crippen LogP contribution in [0.2, 0.25) is 5.02 Å².